The molecule has 3 rings (SSSR count). The largest absolute Gasteiger partial charge is 0.465 e. The van der Waals surface area contributed by atoms with Crippen LogP contribution in [0.5, 0.6) is 0 Å². The number of methoxy groups -OCH3 is 1. The molecule has 1 aromatic heterocycles. The van der Waals surface area contributed by atoms with E-state index in [9.17, 15) is 4.79 Å². The van der Waals surface area contributed by atoms with Crippen LogP contribution in [0.1, 0.15) is 34.2 Å². The maximum atomic E-state index is 11.7. The van der Waals surface area contributed by atoms with Gasteiger partial charge in [0.15, 0.2) is 0 Å². The summed E-state index contributed by atoms with van der Waals surface area (Å²) in [6.07, 6.45) is 0.930. The van der Waals surface area contributed by atoms with Gasteiger partial charge in [-0.1, -0.05) is 31.2 Å². The molecular weight excluding hydrogens is 352 g/mol. The molecule has 0 fully saturated rings. The van der Waals surface area contributed by atoms with Crippen LogP contribution in [0.3, 0.4) is 0 Å². The van der Waals surface area contributed by atoms with E-state index in [0.717, 1.165) is 23.4 Å². The smallest absolute Gasteiger partial charge is 0.337 e. The van der Waals surface area contributed by atoms with Crippen LogP contribution in [0.25, 0.3) is 0 Å². The molecule has 0 atom stereocenters. The van der Waals surface area contributed by atoms with Crippen LogP contribution in [0.4, 0.5) is 23.0 Å². The highest BCUT2D eigenvalue weighted by molar-refractivity contribution is 5.90. The molecule has 0 bridgehead atoms. The van der Waals surface area contributed by atoms with Crippen LogP contribution in [-0.2, 0) is 11.2 Å². The van der Waals surface area contributed by atoms with Gasteiger partial charge in [-0.25, -0.2) is 14.8 Å². The highest BCUT2D eigenvalue weighted by Crippen LogP contribution is 2.26. The molecule has 0 aliphatic rings. The summed E-state index contributed by atoms with van der Waals surface area (Å²) in [5.74, 6) is 1.62. The average Bonchev–Trinajstić information content (AvgIpc) is 2.68. The van der Waals surface area contributed by atoms with Crippen molar-refractivity contribution in [3.8, 4) is 0 Å². The summed E-state index contributed by atoms with van der Waals surface area (Å²) in [6.45, 7) is 6.05. The maximum absolute atomic E-state index is 11.7. The van der Waals surface area contributed by atoms with Crippen molar-refractivity contribution in [3.05, 3.63) is 71.0 Å². The summed E-state index contributed by atoms with van der Waals surface area (Å²) in [5.41, 5.74) is 4.69. The third-order valence-corrected chi connectivity index (χ3v) is 4.39. The predicted octanol–water partition coefficient (Wildman–Crippen LogP) is 4.93. The number of hydrogen-bond acceptors (Lipinski definition) is 6. The minimum atomic E-state index is -0.378. The molecule has 2 aromatic carbocycles. The molecule has 0 saturated carbocycles. The summed E-state index contributed by atoms with van der Waals surface area (Å²) >= 11 is 0. The molecule has 0 saturated heterocycles. The molecule has 0 radical (unpaired) electrons. The van der Waals surface area contributed by atoms with E-state index in [1.807, 2.05) is 19.1 Å². The molecule has 0 amide bonds. The second-order valence-corrected chi connectivity index (χ2v) is 6.47. The third-order valence-electron chi connectivity index (χ3n) is 4.39. The standard InChI is InChI=1S/C22H24N4O2/c1-5-16-9-6-8-14(2)21(16)26-20-13-19(23-15(3)24-20)25-18-11-7-10-17(12-18)22(27)28-4/h6-13H,5H2,1-4H3,(H2,23,24,25,26). The van der Waals surface area contributed by atoms with Gasteiger partial charge < -0.3 is 15.4 Å². The third kappa shape index (κ3) is 4.46. The fourth-order valence-electron chi connectivity index (χ4n) is 3.02. The first-order chi connectivity index (χ1) is 13.5. The Kier molecular flexibility index (Phi) is 5.89. The zero-order valence-electron chi connectivity index (χ0n) is 16.5. The van der Waals surface area contributed by atoms with Crippen molar-refractivity contribution in [1.82, 2.24) is 9.97 Å². The van der Waals surface area contributed by atoms with E-state index in [0.29, 0.717) is 23.0 Å². The van der Waals surface area contributed by atoms with Gasteiger partial charge in [-0.15, -0.1) is 0 Å². The minimum Gasteiger partial charge on any atom is -0.465 e. The molecular formula is C22H24N4O2. The lowest BCUT2D eigenvalue weighted by Crippen LogP contribution is -2.05. The number of aromatic nitrogens is 2. The van der Waals surface area contributed by atoms with Gasteiger partial charge in [-0.3, -0.25) is 0 Å². The van der Waals surface area contributed by atoms with Crippen molar-refractivity contribution in [2.45, 2.75) is 27.2 Å². The Balaban J connectivity index is 1.88. The summed E-state index contributed by atoms with van der Waals surface area (Å²) in [5, 5.41) is 6.67. The molecule has 6 heteroatoms. The fraction of sp³-hybridized carbons (Fsp3) is 0.227. The van der Waals surface area contributed by atoms with Gasteiger partial charge in [0.1, 0.15) is 17.5 Å². The fourth-order valence-corrected chi connectivity index (χ4v) is 3.02. The van der Waals surface area contributed by atoms with Crippen molar-refractivity contribution in [1.29, 1.82) is 0 Å². The lowest BCUT2D eigenvalue weighted by Gasteiger charge is -2.15. The molecule has 0 aliphatic carbocycles. The van der Waals surface area contributed by atoms with Crippen molar-refractivity contribution in [2.24, 2.45) is 0 Å². The number of ether oxygens (including phenoxy) is 1. The summed E-state index contributed by atoms with van der Waals surface area (Å²) < 4.78 is 4.78. The van der Waals surface area contributed by atoms with Gasteiger partial charge in [0.25, 0.3) is 0 Å². The van der Waals surface area contributed by atoms with E-state index in [2.05, 4.69) is 52.6 Å². The van der Waals surface area contributed by atoms with Gasteiger partial charge in [-0.05, 0) is 49.6 Å². The van der Waals surface area contributed by atoms with Crippen molar-refractivity contribution in [3.63, 3.8) is 0 Å². The first-order valence-electron chi connectivity index (χ1n) is 9.16. The van der Waals surface area contributed by atoms with E-state index in [-0.39, 0.29) is 5.97 Å². The van der Waals surface area contributed by atoms with Crippen molar-refractivity contribution >= 4 is 29.0 Å². The first kappa shape index (κ1) is 19.4. The van der Waals surface area contributed by atoms with Gasteiger partial charge in [0.2, 0.25) is 0 Å². The van der Waals surface area contributed by atoms with Crippen LogP contribution >= 0.6 is 0 Å². The predicted molar refractivity (Wildman–Crippen MR) is 112 cm³/mol. The van der Waals surface area contributed by atoms with Gasteiger partial charge in [0.05, 0.1) is 12.7 Å². The number of anilines is 4. The number of carbonyl (C=O) groups excluding carboxylic acids is 1. The number of nitrogens with zero attached hydrogens (tertiary/aromatic N) is 2. The van der Waals surface area contributed by atoms with E-state index < -0.39 is 0 Å². The van der Waals surface area contributed by atoms with Crippen LogP contribution in [0.2, 0.25) is 0 Å². The van der Waals surface area contributed by atoms with Crippen molar-refractivity contribution in [2.75, 3.05) is 17.7 Å². The first-order valence-corrected chi connectivity index (χ1v) is 9.16. The number of rotatable bonds is 6. The molecule has 144 valence electrons. The summed E-state index contributed by atoms with van der Waals surface area (Å²) in [4.78, 5) is 20.7. The van der Waals surface area contributed by atoms with Crippen LogP contribution in [0.15, 0.2) is 48.5 Å². The molecule has 1 heterocycles. The topological polar surface area (TPSA) is 76.1 Å². The Morgan fingerprint density at radius 3 is 2.43 bits per heavy atom. The lowest BCUT2D eigenvalue weighted by atomic mass is 10.1. The summed E-state index contributed by atoms with van der Waals surface area (Å²) in [6, 6.07) is 15.2. The van der Waals surface area contributed by atoms with Gasteiger partial charge in [0, 0.05) is 17.4 Å². The van der Waals surface area contributed by atoms with E-state index >= 15 is 0 Å². The van der Waals surface area contributed by atoms with Gasteiger partial charge in [-0.2, -0.15) is 0 Å². The Labute approximate surface area is 165 Å². The zero-order valence-corrected chi connectivity index (χ0v) is 16.5. The number of aryl methyl sites for hydroxylation is 3. The number of para-hydroxylation sites is 1. The Bertz CT molecular complexity index is 1000. The minimum absolute atomic E-state index is 0.378. The molecule has 2 N–H and O–H groups in total. The number of carbonyl (C=O) groups is 1. The van der Waals surface area contributed by atoms with Crippen LogP contribution < -0.4 is 10.6 Å². The molecule has 0 aliphatic heterocycles. The molecule has 0 spiro atoms. The second-order valence-electron chi connectivity index (χ2n) is 6.47. The molecule has 6 nitrogen and oxygen atoms in total. The van der Waals surface area contributed by atoms with Gasteiger partial charge >= 0.3 is 5.97 Å². The second kappa shape index (κ2) is 8.52. The number of esters is 1. The molecule has 28 heavy (non-hydrogen) atoms. The number of hydrogen-bond donors (Lipinski definition) is 2. The number of nitrogens with one attached hydrogen (secondary N) is 2. The molecule has 3 aromatic rings. The Hall–Kier alpha value is -3.41. The van der Waals surface area contributed by atoms with Crippen LogP contribution in [-0.4, -0.2) is 23.0 Å². The SMILES string of the molecule is CCc1cccc(C)c1Nc1cc(Nc2cccc(C(=O)OC)c2)nc(C)n1. The van der Waals surface area contributed by atoms with E-state index in [1.165, 1.54) is 12.7 Å². The Morgan fingerprint density at radius 1 is 1.00 bits per heavy atom. The normalized spacial score (nSPS) is 10.4. The highest BCUT2D eigenvalue weighted by Gasteiger charge is 2.09. The summed E-state index contributed by atoms with van der Waals surface area (Å²) in [7, 11) is 1.37. The monoisotopic (exact) mass is 376 g/mol. The molecule has 0 unspecified atom stereocenters. The lowest BCUT2D eigenvalue weighted by molar-refractivity contribution is 0.0601. The van der Waals surface area contributed by atoms with Crippen LogP contribution in [0, 0.1) is 13.8 Å². The quantitative estimate of drug-likeness (QED) is 0.594. The zero-order chi connectivity index (χ0) is 20.1. The van der Waals surface area contributed by atoms with E-state index in [4.69, 9.17) is 4.74 Å². The average molecular weight is 376 g/mol. The van der Waals surface area contributed by atoms with Crippen molar-refractivity contribution < 1.29 is 9.53 Å². The van der Waals surface area contributed by atoms with E-state index in [1.54, 1.807) is 18.2 Å². The Morgan fingerprint density at radius 2 is 1.71 bits per heavy atom. The number of benzene rings is 2. The maximum Gasteiger partial charge on any atom is 0.337 e. The highest BCUT2D eigenvalue weighted by atomic mass is 16.5.